The lowest BCUT2D eigenvalue weighted by molar-refractivity contribution is -0.131. The lowest BCUT2D eigenvalue weighted by Crippen LogP contribution is -2.28. The standard InChI is InChI=1S/C28H25F2NO5/c1-17(32)35-22-9-6-18(7-10-22)24-12-11-23(15-25(24)30)34-16-21-13-19-5-8-20(29)14-26(19)31(21)27(33)36-28(2,3)4/h5-15H,16H2,1-4H3. The number of halogens is 2. The highest BCUT2D eigenvalue weighted by atomic mass is 19.1. The molecule has 0 N–H and O–H groups in total. The molecule has 3 aromatic carbocycles. The molecule has 8 heteroatoms. The molecule has 0 aliphatic carbocycles. The minimum atomic E-state index is -0.755. The fraction of sp³-hybridized carbons (Fsp3) is 0.214. The van der Waals surface area contributed by atoms with Crippen LogP contribution in [0.5, 0.6) is 11.5 Å². The van der Waals surface area contributed by atoms with Gasteiger partial charge in [0.05, 0.1) is 11.2 Å². The van der Waals surface area contributed by atoms with E-state index in [0.29, 0.717) is 33.5 Å². The lowest BCUT2D eigenvalue weighted by atomic mass is 10.0. The van der Waals surface area contributed by atoms with Gasteiger partial charge in [-0.2, -0.15) is 0 Å². The van der Waals surface area contributed by atoms with Crippen LogP contribution in [0.3, 0.4) is 0 Å². The summed E-state index contributed by atoms with van der Waals surface area (Å²) in [6.07, 6.45) is -0.666. The molecule has 0 saturated carbocycles. The van der Waals surface area contributed by atoms with Gasteiger partial charge < -0.3 is 14.2 Å². The van der Waals surface area contributed by atoms with Crippen molar-refractivity contribution in [1.29, 1.82) is 0 Å². The van der Waals surface area contributed by atoms with Gasteiger partial charge in [0, 0.05) is 23.9 Å². The summed E-state index contributed by atoms with van der Waals surface area (Å²) in [6, 6.07) is 16.7. The molecule has 1 heterocycles. The Bertz CT molecular complexity index is 1440. The number of fused-ring (bicyclic) bond motifs is 1. The van der Waals surface area contributed by atoms with E-state index in [9.17, 15) is 18.4 Å². The summed E-state index contributed by atoms with van der Waals surface area (Å²) >= 11 is 0. The molecular formula is C28H25F2NO5. The van der Waals surface area contributed by atoms with Gasteiger partial charge in [-0.1, -0.05) is 12.1 Å². The zero-order valence-corrected chi connectivity index (χ0v) is 20.3. The topological polar surface area (TPSA) is 66.8 Å². The first-order valence-electron chi connectivity index (χ1n) is 11.2. The largest absolute Gasteiger partial charge is 0.487 e. The average Bonchev–Trinajstić information content (AvgIpc) is 3.14. The van der Waals surface area contributed by atoms with Crippen LogP contribution < -0.4 is 9.47 Å². The van der Waals surface area contributed by atoms with E-state index < -0.39 is 29.3 Å². The minimum absolute atomic E-state index is 0.0780. The van der Waals surface area contributed by atoms with Crippen molar-refractivity contribution < 1.29 is 32.6 Å². The number of rotatable bonds is 5. The van der Waals surface area contributed by atoms with Gasteiger partial charge in [0.1, 0.15) is 35.3 Å². The molecule has 0 unspecified atom stereocenters. The summed E-state index contributed by atoms with van der Waals surface area (Å²) in [5.41, 5.74) is 0.961. The predicted octanol–water partition coefficient (Wildman–Crippen LogP) is 6.87. The van der Waals surface area contributed by atoms with Crippen LogP contribution in [-0.4, -0.2) is 22.2 Å². The third-order valence-corrected chi connectivity index (χ3v) is 5.17. The van der Waals surface area contributed by atoms with Crippen molar-refractivity contribution in [2.24, 2.45) is 0 Å². The molecule has 0 aliphatic heterocycles. The normalized spacial score (nSPS) is 11.4. The number of aromatic nitrogens is 1. The second-order valence-electron chi connectivity index (χ2n) is 9.20. The second kappa shape index (κ2) is 9.81. The van der Waals surface area contributed by atoms with Crippen LogP contribution >= 0.6 is 0 Å². The maximum atomic E-state index is 14.9. The van der Waals surface area contributed by atoms with Crippen molar-refractivity contribution in [1.82, 2.24) is 4.57 Å². The molecule has 1 aromatic heterocycles. The number of esters is 1. The monoisotopic (exact) mass is 493 g/mol. The molecule has 4 rings (SSSR count). The molecule has 0 saturated heterocycles. The first-order valence-corrected chi connectivity index (χ1v) is 11.2. The van der Waals surface area contributed by atoms with E-state index in [1.54, 1.807) is 69.3 Å². The van der Waals surface area contributed by atoms with Gasteiger partial charge in [-0.05, 0) is 74.9 Å². The first kappa shape index (κ1) is 24.9. The molecule has 0 radical (unpaired) electrons. The molecule has 186 valence electrons. The van der Waals surface area contributed by atoms with Crippen molar-refractivity contribution in [2.45, 2.75) is 39.9 Å². The quantitative estimate of drug-likeness (QED) is 0.224. The lowest BCUT2D eigenvalue weighted by Gasteiger charge is -2.21. The minimum Gasteiger partial charge on any atom is -0.487 e. The highest BCUT2D eigenvalue weighted by Crippen LogP contribution is 2.29. The Balaban J connectivity index is 1.57. The smallest absolute Gasteiger partial charge is 0.419 e. The zero-order valence-electron chi connectivity index (χ0n) is 20.3. The average molecular weight is 494 g/mol. The number of benzene rings is 3. The molecule has 0 bridgehead atoms. The van der Waals surface area contributed by atoms with Crippen LogP contribution in [0.2, 0.25) is 0 Å². The van der Waals surface area contributed by atoms with Gasteiger partial charge >= 0.3 is 12.1 Å². The van der Waals surface area contributed by atoms with E-state index in [-0.39, 0.29) is 12.4 Å². The van der Waals surface area contributed by atoms with E-state index in [1.165, 1.54) is 29.7 Å². The van der Waals surface area contributed by atoms with Gasteiger partial charge in [0.2, 0.25) is 0 Å². The highest BCUT2D eigenvalue weighted by Gasteiger charge is 2.23. The van der Waals surface area contributed by atoms with Gasteiger partial charge in [-0.15, -0.1) is 0 Å². The summed E-state index contributed by atoms with van der Waals surface area (Å²) in [6.45, 7) is 6.44. The van der Waals surface area contributed by atoms with Crippen LogP contribution in [0.4, 0.5) is 13.6 Å². The Hall–Kier alpha value is -4.20. The van der Waals surface area contributed by atoms with Gasteiger partial charge in [0.25, 0.3) is 0 Å². The highest BCUT2D eigenvalue weighted by molar-refractivity contribution is 5.91. The maximum Gasteiger partial charge on any atom is 0.419 e. The second-order valence-corrected chi connectivity index (χ2v) is 9.20. The summed E-state index contributed by atoms with van der Waals surface area (Å²) in [5, 5.41) is 0.639. The van der Waals surface area contributed by atoms with Gasteiger partial charge in [-0.25, -0.2) is 18.1 Å². The fourth-order valence-corrected chi connectivity index (χ4v) is 3.71. The summed E-state index contributed by atoms with van der Waals surface area (Å²) in [4.78, 5) is 24.0. The van der Waals surface area contributed by atoms with E-state index in [2.05, 4.69) is 0 Å². The maximum absolute atomic E-state index is 14.9. The molecular weight excluding hydrogens is 468 g/mol. The molecule has 4 aromatic rings. The molecule has 36 heavy (non-hydrogen) atoms. The molecule has 0 spiro atoms. The van der Waals surface area contributed by atoms with Crippen LogP contribution in [0.25, 0.3) is 22.0 Å². The van der Waals surface area contributed by atoms with E-state index in [0.717, 1.165) is 0 Å². The third-order valence-electron chi connectivity index (χ3n) is 5.17. The molecule has 6 nitrogen and oxygen atoms in total. The van der Waals surface area contributed by atoms with Crippen molar-refractivity contribution in [3.05, 3.63) is 84.1 Å². The summed E-state index contributed by atoms with van der Waals surface area (Å²) in [5.74, 6) is -0.822. The molecule has 0 atom stereocenters. The summed E-state index contributed by atoms with van der Waals surface area (Å²) < 4.78 is 46.4. The Kier molecular flexibility index (Phi) is 6.79. The third kappa shape index (κ3) is 5.71. The van der Waals surface area contributed by atoms with Crippen molar-refractivity contribution >= 4 is 23.0 Å². The van der Waals surface area contributed by atoms with Crippen LogP contribution in [0, 0.1) is 11.6 Å². The van der Waals surface area contributed by atoms with Gasteiger partial charge in [-0.3, -0.25) is 4.79 Å². The van der Waals surface area contributed by atoms with E-state index in [4.69, 9.17) is 14.2 Å². The van der Waals surface area contributed by atoms with Gasteiger partial charge in [0.15, 0.2) is 0 Å². The Morgan fingerprint density at radius 2 is 1.58 bits per heavy atom. The van der Waals surface area contributed by atoms with Crippen LogP contribution in [0.15, 0.2) is 66.7 Å². The first-order chi connectivity index (χ1) is 17.0. The Morgan fingerprint density at radius 1 is 0.889 bits per heavy atom. The summed E-state index contributed by atoms with van der Waals surface area (Å²) in [7, 11) is 0. The van der Waals surface area contributed by atoms with Crippen molar-refractivity contribution in [2.75, 3.05) is 0 Å². The van der Waals surface area contributed by atoms with Crippen LogP contribution in [0.1, 0.15) is 33.4 Å². The fourth-order valence-electron chi connectivity index (χ4n) is 3.71. The Labute approximate surface area is 207 Å². The zero-order chi connectivity index (χ0) is 26.0. The van der Waals surface area contributed by atoms with E-state index >= 15 is 0 Å². The van der Waals surface area contributed by atoms with Crippen LogP contribution in [-0.2, 0) is 16.1 Å². The molecule has 0 aliphatic rings. The predicted molar refractivity (Wildman–Crippen MR) is 131 cm³/mol. The number of ether oxygens (including phenoxy) is 3. The number of carbonyl (C=O) groups is 2. The SMILES string of the molecule is CC(=O)Oc1ccc(-c2ccc(OCc3cc4ccc(F)cc4n3C(=O)OC(C)(C)C)cc2F)cc1. The molecule has 0 fully saturated rings. The number of carbonyl (C=O) groups excluding carboxylic acids is 2. The number of hydrogen-bond acceptors (Lipinski definition) is 5. The Morgan fingerprint density at radius 3 is 2.22 bits per heavy atom. The van der Waals surface area contributed by atoms with Crippen molar-refractivity contribution in [3.8, 4) is 22.6 Å². The van der Waals surface area contributed by atoms with E-state index in [1.807, 2.05) is 0 Å². The number of nitrogens with zero attached hydrogens (tertiary/aromatic N) is 1. The molecule has 0 amide bonds. The number of hydrogen-bond donors (Lipinski definition) is 0. The van der Waals surface area contributed by atoms with Crippen molar-refractivity contribution in [3.63, 3.8) is 0 Å².